The molecule has 0 saturated carbocycles. The maximum Gasteiger partial charge on any atom is 0.124 e. The van der Waals surface area contributed by atoms with E-state index in [4.69, 9.17) is 11.6 Å². The summed E-state index contributed by atoms with van der Waals surface area (Å²) in [5.41, 5.74) is 1.03. The molecule has 108 valence electrons. The molecular formula is C16H19ClFNS. The Morgan fingerprint density at radius 1 is 1.20 bits per heavy atom. The summed E-state index contributed by atoms with van der Waals surface area (Å²) < 4.78 is 13.2. The lowest BCUT2D eigenvalue weighted by atomic mass is 9.95. The van der Waals surface area contributed by atoms with Gasteiger partial charge in [0, 0.05) is 14.8 Å². The van der Waals surface area contributed by atoms with Gasteiger partial charge in [-0.3, -0.25) is 0 Å². The van der Waals surface area contributed by atoms with Crippen molar-refractivity contribution in [2.75, 3.05) is 7.05 Å². The molecule has 0 spiro atoms. The van der Waals surface area contributed by atoms with E-state index < -0.39 is 0 Å². The highest BCUT2D eigenvalue weighted by atomic mass is 35.5. The molecule has 0 fully saturated rings. The van der Waals surface area contributed by atoms with E-state index in [9.17, 15) is 4.39 Å². The number of benzene rings is 1. The second kappa shape index (κ2) is 5.84. The van der Waals surface area contributed by atoms with Gasteiger partial charge in [0.25, 0.3) is 0 Å². The van der Waals surface area contributed by atoms with Crippen LogP contribution in [0, 0.1) is 5.82 Å². The van der Waals surface area contributed by atoms with Crippen LogP contribution in [-0.2, 0) is 5.41 Å². The van der Waals surface area contributed by atoms with E-state index in [2.05, 4.69) is 38.2 Å². The predicted molar refractivity (Wildman–Crippen MR) is 85.3 cm³/mol. The number of nitrogens with one attached hydrogen (secondary N) is 1. The van der Waals surface area contributed by atoms with E-state index in [-0.39, 0.29) is 17.3 Å². The van der Waals surface area contributed by atoms with Gasteiger partial charge in [0.1, 0.15) is 5.82 Å². The molecule has 0 amide bonds. The van der Waals surface area contributed by atoms with Gasteiger partial charge in [0.05, 0.1) is 6.04 Å². The molecule has 1 nitrogen and oxygen atoms in total. The van der Waals surface area contributed by atoms with Crippen LogP contribution < -0.4 is 5.32 Å². The SMILES string of the molecule is CNC(c1ccc(C(C)(C)C)s1)c1ccc(F)cc1Cl. The quantitative estimate of drug-likeness (QED) is 0.827. The van der Waals surface area contributed by atoms with Gasteiger partial charge in [0.15, 0.2) is 0 Å². The molecule has 20 heavy (non-hydrogen) atoms. The Balaban J connectivity index is 2.40. The van der Waals surface area contributed by atoms with Crippen LogP contribution in [0.15, 0.2) is 30.3 Å². The van der Waals surface area contributed by atoms with Crippen molar-refractivity contribution in [1.29, 1.82) is 0 Å². The highest BCUT2D eigenvalue weighted by Gasteiger charge is 2.21. The number of hydrogen-bond acceptors (Lipinski definition) is 2. The Labute approximate surface area is 128 Å². The summed E-state index contributed by atoms with van der Waals surface area (Å²) >= 11 is 7.94. The minimum Gasteiger partial charge on any atom is -0.309 e. The molecule has 0 aliphatic heterocycles. The Hall–Kier alpha value is -0.900. The number of thiophene rings is 1. The summed E-state index contributed by atoms with van der Waals surface area (Å²) in [6, 6.07) is 8.82. The van der Waals surface area contributed by atoms with E-state index in [1.807, 2.05) is 7.05 Å². The summed E-state index contributed by atoms with van der Waals surface area (Å²) in [7, 11) is 1.89. The van der Waals surface area contributed by atoms with Crippen LogP contribution >= 0.6 is 22.9 Å². The zero-order valence-electron chi connectivity index (χ0n) is 12.1. The fraction of sp³-hybridized carbons (Fsp3) is 0.375. The van der Waals surface area contributed by atoms with Crippen LogP contribution in [0.25, 0.3) is 0 Å². The van der Waals surface area contributed by atoms with Crippen molar-refractivity contribution in [3.05, 3.63) is 56.5 Å². The maximum absolute atomic E-state index is 13.2. The van der Waals surface area contributed by atoms with E-state index in [1.54, 1.807) is 17.4 Å². The Morgan fingerprint density at radius 3 is 2.40 bits per heavy atom. The van der Waals surface area contributed by atoms with Crippen molar-refractivity contribution in [1.82, 2.24) is 5.32 Å². The Morgan fingerprint density at radius 2 is 1.90 bits per heavy atom. The van der Waals surface area contributed by atoms with Crippen molar-refractivity contribution in [3.8, 4) is 0 Å². The van der Waals surface area contributed by atoms with Crippen LogP contribution in [0.5, 0.6) is 0 Å². The van der Waals surface area contributed by atoms with Gasteiger partial charge >= 0.3 is 0 Å². The third kappa shape index (κ3) is 3.22. The van der Waals surface area contributed by atoms with E-state index in [0.29, 0.717) is 5.02 Å². The van der Waals surface area contributed by atoms with Crippen molar-refractivity contribution in [2.45, 2.75) is 32.2 Å². The molecule has 0 saturated heterocycles. The van der Waals surface area contributed by atoms with E-state index in [1.165, 1.54) is 21.9 Å². The molecule has 2 aromatic rings. The number of halogens is 2. The van der Waals surface area contributed by atoms with Gasteiger partial charge in [-0.2, -0.15) is 0 Å². The average molecular weight is 312 g/mol. The minimum atomic E-state index is -0.310. The van der Waals surface area contributed by atoms with Crippen LogP contribution in [-0.4, -0.2) is 7.05 Å². The molecule has 0 aliphatic carbocycles. The molecule has 0 radical (unpaired) electrons. The molecule has 0 bridgehead atoms. The second-order valence-electron chi connectivity index (χ2n) is 5.84. The second-order valence-corrected chi connectivity index (χ2v) is 7.36. The molecule has 0 aliphatic rings. The van der Waals surface area contributed by atoms with Crippen LogP contribution in [0.2, 0.25) is 5.02 Å². The molecule has 1 aromatic carbocycles. The van der Waals surface area contributed by atoms with Gasteiger partial charge in [-0.1, -0.05) is 38.4 Å². The first-order valence-corrected chi connectivity index (χ1v) is 7.75. The third-order valence-corrected chi connectivity index (χ3v) is 5.12. The molecule has 2 rings (SSSR count). The number of hydrogen-bond donors (Lipinski definition) is 1. The zero-order chi connectivity index (χ0) is 14.9. The van der Waals surface area contributed by atoms with Gasteiger partial charge < -0.3 is 5.32 Å². The lowest BCUT2D eigenvalue weighted by molar-refractivity contribution is 0.604. The third-order valence-electron chi connectivity index (χ3n) is 3.21. The summed E-state index contributed by atoms with van der Waals surface area (Å²) in [4.78, 5) is 2.51. The topological polar surface area (TPSA) is 12.0 Å². The van der Waals surface area contributed by atoms with E-state index in [0.717, 1.165) is 5.56 Å². The first kappa shape index (κ1) is 15.5. The maximum atomic E-state index is 13.2. The lowest BCUT2D eigenvalue weighted by Crippen LogP contribution is -2.17. The molecule has 4 heteroatoms. The molecule has 1 heterocycles. The van der Waals surface area contributed by atoms with Crippen molar-refractivity contribution >= 4 is 22.9 Å². The summed E-state index contributed by atoms with van der Waals surface area (Å²) in [5.74, 6) is -0.310. The van der Waals surface area contributed by atoms with Crippen LogP contribution in [0.3, 0.4) is 0 Å². The van der Waals surface area contributed by atoms with Gasteiger partial charge in [-0.15, -0.1) is 11.3 Å². The summed E-state index contributed by atoms with van der Waals surface area (Å²) in [6.07, 6.45) is 0. The molecule has 1 atom stereocenters. The van der Waals surface area contributed by atoms with Gasteiger partial charge in [-0.25, -0.2) is 4.39 Å². The van der Waals surface area contributed by atoms with E-state index >= 15 is 0 Å². The molecule has 1 unspecified atom stereocenters. The van der Waals surface area contributed by atoms with Crippen LogP contribution in [0.1, 0.15) is 42.1 Å². The predicted octanol–water partition coefficient (Wildman–Crippen LogP) is 5.15. The lowest BCUT2D eigenvalue weighted by Gasteiger charge is -2.18. The van der Waals surface area contributed by atoms with Crippen LogP contribution in [0.4, 0.5) is 4.39 Å². The fourth-order valence-electron chi connectivity index (χ4n) is 2.10. The normalized spacial score (nSPS) is 13.5. The Kier molecular flexibility index (Phi) is 4.52. The largest absolute Gasteiger partial charge is 0.309 e. The fourth-order valence-corrected chi connectivity index (χ4v) is 3.57. The first-order chi connectivity index (χ1) is 9.32. The highest BCUT2D eigenvalue weighted by molar-refractivity contribution is 7.12. The minimum absolute atomic E-state index is 0.0100. The first-order valence-electron chi connectivity index (χ1n) is 6.55. The van der Waals surface area contributed by atoms with Gasteiger partial charge in [-0.05, 0) is 42.3 Å². The molecule has 1 N–H and O–H groups in total. The average Bonchev–Trinajstić information content (AvgIpc) is 2.82. The van der Waals surface area contributed by atoms with Gasteiger partial charge in [0.2, 0.25) is 0 Å². The van der Waals surface area contributed by atoms with Crippen molar-refractivity contribution < 1.29 is 4.39 Å². The Bertz CT molecular complexity index is 601. The monoisotopic (exact) mass is 311 g/mol. The summed E-state index contributed by atoms with van der Waals surface area (Å²) in [6.45, 7) is 6.59. The van der Waals surface area contributed by atoms with Crippen molar-refractivity contribution in [2.24, 2.45) is 0 Å². The smallest absolute Gasteiger partial charge is 0.124 e. The van der Waals surface area contributed by atoms with Crippen molar-refractivity contribution in [3.63, 3.8) is 0 Å². The standard InChI is InChI=1S/C16H19ClFNS/c1-16(2,3)14-8-7-13(20-14)15(19-4)11-6-5-10(18)9-12(11)17/h5-9,15,19H,1-4H3. The highest BCUT2D eigenvalue weighted by Crippen LogP contribution is 2.36. The number of rotatable bonds is 3. The zero-order valence-corrected chi connectivity index (χ0v) is 13.7. The molecular weight excluding hydrogens is 293 g/mol. The summed E-state index contributed by atoms with van der Waals surface area (Å²) in [5, 5.41) is 3.72. The molecule has 1 aromatic heterocycles.